The van der Waals surface area contributed by atoms with Crippen LogP contribution in [-0.4, -0.2) is 73.3 Å². The molecule has 0 aromatic heterocycles. The zero-order valence-electron chi connectivity index (χ0n) is 3.60. The molecule has 5 heavy (non-hydrogen) atoms. The molecule has 0 saturated heterocycles. The van der Waals surface area contributed by atoms with Crippen molar-refractivity contribution in [2.75, 3.05) is 14.2 Å². The molecule has 2 radical (unpaired) electrons. The van der Waals surface area contributed by atoms with Gasteiger partial charge in [0.25, 0.3) is 0 Å². The van der Waals surface area contributed by atoms with Gasteiger partial charge in [0.05, 0.1) is 0 Å². The fourth-order valence-corrected chi connectivity index (χ4v) is 0. The monoisotopic (exact) mass is 202 g/mol. The molecule has 0 rings (SSSR count). The van der Waals surface area contributed by atoms with E-state index in [-0.39, 0.29) is 48.9 Å². The van der Waals surface area contributed by atoms with Crippen LogP contribution < -0.4 is 0 Å². The van der Waals surface area contributed by atoms with Gasteiger partial charge in [-0.05, 0) is 0 Å². The van der Waals surface area contributed by atoms with Crippen LogP contribution in [0.15, 0.2) is 0 Å². The molecule has 2 nitrogen and oxygen atoms in total. The molecule has 0 amide bonds. The minimum Gasteiger partial charge on any atom is -0.400 e. The molecule has 0 aliphatic carbocycles. The van der Waals surface area contributed by atoms with Crippen molar-refractivity contribution in [1.82, 2.24) is 0 Å². The zero-order chi connectivity index (χ0) is 4.00. The summed E-state index contributed by atoms with van der Waals surface area (Å²) < 4.78 is 0. The minimum absolute atomic E-state index is 0. The predicted octanol–water partition coefficient (Wildman–Crippen LogP) is -1.16. The molecule has 0 saturated carbocycles. The second-order valence-corrected chi connectivity index (χ2v) is 0. The van der Waals surface area contributed by atoms with Gasteiger partial charge in [0.2, 0.25) is 0 Å². The van der Waals surface area contributed by atoms with Crippen molar-refractivity contribution in [3.8, 4) is 0 Å². The van der Waals surface area contributed by atoms with E-state index < -0.39 is 0 Å². The van der Waals surface area contributed by atoms with Crippen LogP contribution in [0.1, 0.15) is 0 Å². The number of hydrogen-bond donors (Lipinski definition) is 2. The molecule has 30 valence electrons. The first kappa shape index (κ1) is 16.1. The molecule has 0 atom stereocenters. The summed E-state index contributed by atoms with van der Waals surface area (Å²) in [6.07, 6.45) is 0. The topological polar surface area (TPSA) is 40.5 Å². The van der Waals surface area contributed by atoms with Crippen molar-refractivity contribution in [3.05, 3.63) is 0 Å². The van der Waals surface area contributed by atoms with Crippen molar-refractivity contribution in [1.29, 1.82) is 0 Å². The maximum Gasteiger partial charge on any atom is 0.0319 e. The average molecular weight is 201 g/mol. The van der Waals surface area contributed by atoms with Gasteiger partial charge in [0, 0.05) is 63.1 Å². The molecule has 0 aliphatic rings. The van der Waals surface area contributed by atoms with Crippen molar-refractivity contribution in [3.63, 3.8) is 0 Å². The van der Waals surface area contributed by atoms with Crippen LogP contribution in [0.2, 0.25) is 0 Å². The van der Waals surface area contributed by atoms with Crippen molar-refractivity contribution in [2.45, 2.75) is 0 Å². The smallest absolute Gasteiger partial charge is 0.0319 e. The molecule has 0 unspecified atom stereocenters. The van der Waals surface area contributed by atoms with E-state index >= 15 is 0 Å². The average Bonchev–Trinajstić information content (AvgIpc) is 1.50. The predicted molar refractivity (Wildman–Crippen MR) is 22.0 cm³/mol. The first-order chi connectivity index (χ1) is 2.00. The third-order valence-electron chi connectivity index (χ3n) is 0. The summed E-state index contributed by atoms with van der Waals surface area (Å²) in [5.41, 5.74) is 0. The number of aliphatic hydroxyl groups is 2. The van der Waals surface area contributed by atoms with Gasteiger partial charge >= 0.3 is 0 Å². The molecule has 0 spiro atoms. The molecule has 0 aromatic rings. The van der Waals surface area contributed by atoms with Gasteiger partial charge in [-0.3, -0.25) is 0 Å². The van der Waals surface area contributed by atoms with E-state index in [1.807, 2.05) is 0 Å². The van der Waals surface area contributed by atoms with Crippen molar-refractivity contribution >= 4 is 48.9 Å². The zero-order valence-corrected chi connectivity index (χ0v) is 8.04. The molecule has 0 aromatic carbocycles. The molecule has 0 fully saturated rings. The third kappa shape index (κ3) is 30.1. The molecule has 0 heterocycles. The van der Waals surface area contributed by atoms with Crippen LogP contribution in [0.3, 0.4) is 0 Å². The van der Waals surface area contributed by atoms with Gasteiger partial charge in [-0.25, -0.2) is 0 Å². The van der Waals surface area contributed by atoms with Crippen molar-refractivity contribution < 1.29 is 10.2 Å². The Bertz CT molecular complexity index is 7.61. The van der Waals surface area contributed by atoms with Gasteiger partial charge in [-0.15, -0.1) is 0 Å². The molecular weight excluding hydrogens is 193 g/mol. The normalized spacial score (nSPS) is 2.40. The van der Waals surface area contributed by atoms with Gasteiger partial charge < -0.3 is 10.2 Å². The maximum atomic E-state index is 7.00. The first-order valence-corrected chi connectivity index (χ1v) is 0.894. The summed E-state index contributed by atoms with van der Waals surface area (Å²) in [5, 5.41) is 14.0. The summed E-state index contributed by atoms with van der Waals surface area (Å²) in [6.45, 7) is 0. The first-order valence-electron chi connectivity index (χ1n) is 0.894. The Labute approximate surface area is 72.3 Å². The third-order valence-corrected chi connectivity index (χ3v) is 0. The summed E-state index contributed by atoms with van der Waals surface area (Å²) in [4.78, 5) is 0. The van der Waals surface area contributed by atoms with Crippen LogP contribution in [0.25, 0.3) is 0 Å². The molecule has 3 heteroatoms. The summed E-state index contributed by atoms with van der Waals surface area (Å²) in [6, 6.07) is 0. The van der Waals surface area contributed by atoms with E-state index in [1.165, 1.54) is 0 Å². The molecule has 2 N–H and O–H groups in total. The second-order valence-electron chi connectivity index (χ2n) is 0. The van der Waals surface area contributed by atoms with E-state index in [1.54, 1.807) is 0 Å². The van der Waals surface area contributed by atoms with E-state index in [2.05, 4.69) is 0 Å². The maximum absolute atomic E-state index is 7.00. The number of aliphatic hydroxyl groups excluding tert-OH is 2. The standard InChI is InChI=1S/2CH4O.Ba/c2*1-2;/h2*2H,1H3;. The Morgan fingerprint density at radius 1 is 0.800 bits per heavy atom. The minimum atomic E-state index is 0. The molecule has 0 aliphatic heterocycles. The van der Waals surface area contributed by atoms with E-state index in [0.29, 0.717) is 0 Å². The summed E-state index contributed by atoms with van der Waals surface area (Å²) in [7, 11) is 2.00. The van der Waals surface area contributed by atoms with Gasteiger partial charge in [0.1, 0.15) is 0 Å². The SMILES string of the molecule is CO.CO.[Ba]. The van der Waals surface area contributed by atoms with Gasteiger partial charge in [-0.2, -0.15) is 0 Å². The van der Waals surface area contributed by atoms with Crippen LogP contribution in [0, 0.1) is 0 Å². The fraction of sp³-hybridized carbons (Fsp3) is 1.00. The molecular formula is C2H8BaO2. The largest absolute Gasteiger partial charge is 0.400 e. The van der Waals surface area contributed by atoms with Gasteiger partial charge in [-0.1, -0.05) is 0 Å². The summed E-state index contributed by atoms with van der Waals surface area (Å²) in [5.74, 6) is 0. The quantitative estimate of drug-likeness (QED) is 0.485. The molecule has 0 bridgehead atoms. The number of rotatable bonds is 0. The summed E-state index contributed by atoms with van der Waals surface area (Å²) >= 11 is 0. The van der Waals surface area contributed by atoms with Crippen LogP contribution in [-0.2, 0) is 0 Å². The van der Waals surface area contributed by atoms with Crippen molar-refractivity contribution in [2.24, 2.45) is 0 Å². The van der Waals surface area contributed by atoms with Crippen LogP contribution in [0.4, 0.5) is 0 Å². The second kappa shape index (κ2) is 49.8. The van der Waals surface area contributed by atoms with E-state index in [0.717, 1.165) is 14.2 Å². The van der Waals surface area contributed by atoms with Gasteiger partial charge in [0.15, 0.2) is 0 Å². The number of hydrogen-bond acceptors (Lipinski definition) is 2. The Kier molecular flexibility index (Phi) is 160. The van der Waals surface area contributed by atoms with Crippen LogP contribution in [0.5, 0.6) is 0 Å². The Balaban J connectivity index is -0.0000000133. The fourth-order valence-electron chi connectivity index (χ4n) is 0. The van der Waals surface area contributed by atoms with E-state index in [9.17, 15) is 0 Å². The Morgan fingerprint density at radius 2 is 0.800 bits per heavy atom. The Morgan fingerprint density at radius 3 is 0.800 bits per heavy atom. The van der Waals surface area contributed by atoms with E-state index in [4.69, 9.17) is 10.2 Å². The van der Waals surface area contributed by atoms with Crippen LogP contribution >= 0.6 is 0 Å². The Hall–Kier alpha value is 1.49.